The fraction of sp³-hybridized carbons (Fsp3) is 0.444. The van der Waals surface area contributed by atoms with E-state index in [1.807, 2.05) is 6.07 Å². The van der Waals surface area contributed by atoms with Crippen molar-refractivity contribution in [3.63, 3.8) is 0 Å². The molecule has 1 aromatic rings. The molecule has 1 aliphatic heterocycles. The van der Waals surface area contributed by atoms with E-state index in [0.29, 0.717) is 12.1 Å². The largest absolute Gasteiger partial charge is 0.476 e. The fourth-order valence-electron chi connectivity index (χ4n) is 1.79. The standard InChI is InChI=1S/C9H10N4O2/c10-2-4-13-7-1-3-11-5-6(7)8(12-13)9(14)15/h11H,1,3-5H2,(H,14,15). The molecule has 0 amide bonds. The minimum absolute atomic E-state index is 0.0625. The minimum atomic E-state index is -1.04. The molecule has 0 spiro atoms. The van der Waals surface area contributed by atoms with E-state index in [9.17, 15) is 4.79 Å². The lowest BCUT2D eigenvalue weighted by atomic mass is 10.1. The highest BCUT2D eigenvalue weighted by molar-refractivity contribution is 5.87. The molecule has 0 bridgehead atoms. The molecule has 0 aliphatic carbocycles. The molecule has 1 aromatic heterocycles. The Kier molecular flexibility index (Phi) is 2.39. The van der Waals surface area contributed by atoms with E-state index in [0.717, 1.165) is 18.7 Å². The number of carbonyl (C=O) groups is 1. The first-order valence-corrected chi connectivity index (χ1v) is 4.63. The van der Waals surface area contributed by atoms with Crippen molar-refractivity contribution in [3.05, 3.63) is 17.0 Å². The Hall–Kier alpha value is -1.87. The van der Waals surface area contributed by atoms with E-state index >= 15 is 0 Å². The van der Waals surface area contributed by atoms with Gasteiger partial charge in [-0.05, 0) is 0 Å². The Labute approximate surface area is 86.1 Å². The van der Waals surface area contributed by atoms with Crippen LogP contribution >= 0.6 is 0 Å². The van der Waals surface area contributed by atoms with Crippen molar-refractivity contribution < 1.29 is 9.90 Å². The molecule has 6 heteroatoms. The zero-order chi connectivity index (χ0) is 10.8. The summed E-state index contributed by atoms with van der Waals surface area (Å²) in [6.07, 6.45) is 0.720. The lowest BCUT2D eigenvalue weighted by Gasteiger charge is -2.13. The van der Waals surface area contributed by atoms with Crippen LogP contribution in [-0.4, -0.2) is 27.4 Å². The van der Waals surface area contributed by atoms with Gasteiger partial charge < -0.3 is 10.4 Å². The summed E-state index contributed by atoms with van der Waals surface area (Å²) in [7, 11) is 0. The van der Waals surface area contributed by atoms with E-state index in [1.54, 1.807) is 0 Å². The summed E-state index contributed by atoms with van der Waals surface area (Å²) >= 11 is 0. The molecule has 0 saturated carbocycles. The third-order valence-corrected chi connectivity index (χ3v) is 2.43. The fourth-order valence-corrected chi connectivity index (χ4v) is 1.79. The average molecular weight is 206 g/mol. The zero-order valence-electron chi connectivity index (χ0n) is 8.03. The van der Waals surface area contributed by atoms with Crippen LogP contribution in [0.1, 0.15) is 21.7 Å². The Morgan fingerprint density at radius 2 is 2.53 bits per heavy atom. The minimum Gasteiger partial charge on any atom is -0.476 e. The van der Waals surface area contributed by atoms with Crippen LogP contribution in [0.2, 0.25) is 0 Å². The molecule has 0 unspecified atom stereocenters. The molecule has 0 atom stereocenters. The van der Waals surface area contributed by atoms with Gasteiger partial charge in [-0.2, -0.15) is 10.4 Å². The molecule has 78 valence electrons. The average Bonchev–Trinajstić information content (AvgIpc) is 2.59. The predicted molar refractivity (Wildman–Crippen MR) is 50.2 cm³/mol. The summed E-state index contributed by atoms with van der Waals surface area (Å²) in [5.41, 5.74) is 1.64. The third-order valence-electron chi connectivity index (χ3n) is 2.43. The molecular weight excluding hydrogens is 196 g/mol. The highest BCUT2D eigenvalue weighted by Crippen LogP contribution is 2.18. The second kappa shape index (κ2) is 3.71. The van der Waals surface area contributed by atoms with Gasteiger partial charge in [-0.25, -0.2) is 4.79 Å². The van der Waals surface area contributed by atoms with Crippen molar-refractivity contribution in [1.29, 1.82) is 5.26 Å². The van der Waals surface area contributed by atoms with Crippen molar-refractivity contribution in [2.75, 3.05) is 6.54 Å². The molecular formula is C9H10N4O2. The Balaban J connectivity index is 2.50. The number of fused-ring (bicyclic) bond motifs is 1. The Morgan fingerprint density at radius 3 is 3.20 bits per heavy atom. The van der Waals surface area contributed by atoms with Crippen molar-refractivity contribution in [1.82, 2.24) is 15.1 Å². The number of nitrogens with zero attached hydrogens (tertiary/aromatic N) is 3. The molecule has 0 radical (unpaired) electrons. The molecule has 0 saturated heterocycles. The van der Waals surface area contributed by atoms with Crippen LogP contribution in [-0.2, 0) is 19.5 Å². The number of aromatic nitrogens is 2. The van der Waals surface area contributed by atoms with Crippen molar-refractivity contribution in [2.45, 2.75) is 19.5 Å². The van der Waals surface area contributed by atoms with Gasteiger partial charge in [-0.15, -0.1) is 0 Å². The number of nitrogens with one attached hydrogen (secondary N) is 1. The van der Waals surface area contributed by atoms with Gasteiger partial charge in [0, 0.05) is 30.8 Å². The lowest BCUT2D eigenvalue weighted by molar-refractivity contribution is 0.0688. The first-order valence-electron chi connectivity index (χ1n) is 4.63. The van der Waals surface area contributed by atoms with Crippen LogP contribution in [0.15, 0.2) is 0 Å². The molecule has 15 heavy (non-hydrogen) atoms. The molecule has 1 aliphatic rings. The Bertz CT molecular complexity index is 444. The van der Waals surface area contributed by atoms with Gasteiger partial charge in [0.05, 0.1) is 6.07 Å². The zero-order valence-corrected chi connectivity index (χ0v) is 8.03. The summed E-state index contributed by atoms with van der Waals surface area (Å²) < 4.78 is 1.49. The van der Waals surface area contributed by atoms with Gasteiger partial charge in [-0.3, -0.25) is 4.68 Å². The SMILES string of the molecule is N#CCn1nc(C(=O)O)c2c1CCNC2. The summed E-state index contributed by atoms with van der Waals surface area (Å²) in [5.74, 6) is -1.04. The van der Waals surface area contributed by atoms with Gasteiger partial charge in [0.2, 0.25) is 0 Å². The molecule has 6 nitrogen and oxygen atoms in total. The maximum Gasteiger partial charge on any atom is 0.356 e. The molecule has 0 fully saturated rings. The van der Waals surface area contributed by atoms with Gasteiger partial charge in [0.25, 0.3) is 0 Å². The second-order valence-corrected chi connectivity index (χ2v) is 3.32. The predicted octanol–water partition coefficient (Wildman–Crippen LogP) is -0.249. The van der Waals surface area contributed by atoms with E-state index in [4.69, 9.17) is 10.4 Å². The summed E-state index contributed by atoms with van der Waals surface area (Å²) in [6, 6.07) is 1.97. The van der Waals surface area contributed by atoms with Crippen LogP contribution in [0.4, 0.5) is 0 Å². The maximum atomic E-state index is 10.9. The number of rotatable bonds is 2. The number of carboxylic acid groups (broad SMARTS) is 1. The summed E-state index contributed by atoms with van der Waals surface area (Å²) in [5, 5.41) is 24.6. The first-order chi connectivity index (χ1) is 7.24. The number of hydrogen-bond acceptors (Lipinski definition) is 4. The van der Waals surface area contributed by atoms with Gasteiger partial charge in [0.15, 0.2) is 5.69 Å². The highest BCUT2D eigenvalue weighted by atomic mass is 16.4. The molecule has 2 N–H and O–H groups in total. The number of carboxylic acids is 1. The van der Waals surface area contributed by atoms with Crippen LogP contribution in [0.3, 0.4) is 0 Å². The van der Waals surface area contributed by atoms with E-state index < -0.39 is 5.97 Å². The van der Waals surface area contributed by atoms with Crippen molar-refractivity contribution in [3.8, 4) is 6.07 Å². The quantitative estimate of drug-likeness (QED) is 0.696. The highest BCUT2D eigenvalue weighted by Gasteiger charge is 2.23. The van der Waals surface area contributed by atoms with Crippen LogP contribution in [0, 0.1) is 11.3 Å². The summed E-state index contributed by atoms with van der Waals surface area (Å²) in [6.45, 7) is 1.42. The first kappa shape index (κ1) is 9.68. The van der Waals surface area contributed by atoms with Crippen molar-refractivity contribution in [2.24, 2.45) is 0 Å². The molecule has 2 heterocycles. The van der Waals surface area contributed by atoms with Crippen LogP contribution < -0.4 is 5.32 Å². The lowest BCUT2D eigenvalue weighted by Crippen LogP contribution is -2.25. The van der Waals surface area contributed by atoms with E-state index in [2.05, 4.69) is 10.4 Å². The van der Waals surface area contributed by atoms with Crippen LogP contribution in [0.25, 0.3) is 0 Å². The van der Waals surface area contributed by atoms with Crippen LogP contribution in [0.5, 0.6) is 0 Å². The van der Waals surface area contributed by atoms with Gasteiger partial charge in [0.1, 0.15) is 6.54 Å². The number of aromatic carboxylic acids is 1. The third kappa shape index (κ3) is 1.57. The molecule has 2 rings (SSSR count). The second-order valence-electron chi connectivity index (χ2n) is 3.32. The van der Waals surface area contributed by atoms with Crippen molar-refractivity contribution >= 4 is 5.97 Å². The summed E-state index contributed by atoms with van der Waals surface area (Å²) in [4.78, 5) is 10.9. The van der Waals surface area contributed by atoms with E-state index in [-0.39, 0.29) is 12.2 Å². The Morgan fingerprint density at radius 1 is 1.73 bits per heavy atom. The monoisotopic (exact) mass is 206 g/mol. The van der Waals surface area contributed by atoms with Gasteiger partial charge in [-0.1, -0.05) is 0 Å². The topological polar surface area (TPSA) is 90.9 Å². The van der Waals surface area contributed by atoms with Gasteiger partial charge >= 0.3 is 5.97 Å². The molecule has 0 aromatic carbocycles. The van der Waals surface area contributed by atoms with E-state index in [1.165, 1.54) is 4.68 Å². The number of nitriles is 1. The maximum absolute atomic E-state index is 10.9. The normalized spacial score (nSPS) is 14.3. The smallest absolute Gasteiger partial charge is 0.356 e. The number of hydrogen-bond donors (Lipinski definition) is 2.